The monoisotopic (exact) mass is 201 g/mol. The highest BCUT2D eigenvalue weighted by molar-refractivity contribution is 7.10. The lowest BCUT2D eigenvalue weighted by atomic mass is 10.0. The molecular formula is C9H12ClNS. The molecule has 1 saturated heterocycles. The van der Waals surface area contributed by atoms with E-state index in [4.69, 9.17) is 11.6 Å². The van der Waals surface area contributed by atoms with Gasteiger partial charge in [0.1, 0.15) is 0 Å². The first-order chi connectivity index (χ1) is 5.86. The van der Waals surface area contributed by atoms with Crippen molar-refractivity contribution in [2.24, 2.45) is 0 Å². The van der Waals surface area contributed by atoms with E-state index < -0.39 is 0 Å². The molecule has 0 radical (unpaired) electrons. The van der Waals surface area contributed by atoms with Crippen LogP contribution in [0.2, 0.25) is 5.02 Å². The van der Waals surface area contributed by atoms with Gasteiger partial charge in [0, 0.05) is 16.3 Å². The average Bonchev–Trinajstić information content (AvgIpc) is 2.54. The highest BCUT2D eigenvalue weighted by Crippen LogP contribution is 2.29. The van der Waals surface area contributed by atoms with Crippen LogP contribution in [0.15, 0.2) is 11.4 Å². The quantitative estimate of drug-likeness (QED) is 0.736. The van der Waals surface area contributed by atoms with E-state index in [1.54, 1.807) is 11.3 Å². The van der Waals surface area contributed by atoms with Crippen LogP contribution in [0.3, 0.4) is 0 Å². The molecule has 1 aliphatic heterocycles. The Kier molecular flexibility index (Phi) is 2.69. The molecule has 0 aromatic carbocycles. The molecule has 1 atom stereocenters. The van der Waals surface area contributed by atoms with Gasteiger partial charge >= 0.3 is 0 Å². The van der Waals surface area contributed by atoms with Gasteiger partial charge < -0.3 is 5.32 Å². The number of piperidine rings is 1. The van der Waals surface area contributed by atoms with Gasteiger partial charge in [-0.1, -0.05) is 18.0 Å². The standard InChI is InChI=1S/C9H12ClNS/c10-7-5-9(12-6-7)8-3-1-2-4-11-8/h5-6,8,11H,1-4H2/t8-/m1/s1. The Morgan fingerprint density at radius 2 is 2.42 bits per heavy atom. The smallest absolute Gasteiger partial charge is 0.0516 e. The number of nitrogens with one attached hydrogen (secondary N) is 1. The van der Waals surface area contributed by atoms with Crippen LogP contribution in [0.5, 0.6) is 0 Å². The maximum absolute atomic E-state index is 5.86. The minimum Gasteiger partial charge on any atom is -0.309 e. The normalized spacial score (nSPS) is 24.2. The lowest BCUT2D eigenvalue weighted by molar-refractivity contribution is 0.417. The van der Waals surface area contributed by atoms with Crippen molar-refractivity contribution in [3.8, 4) is 0 Å². The summed E-state index contributed by atoms with van der Waals surface area (Å²) < 4.78 is 0. The summed E-state index contributed by atoms with van der Waals surface area (Å²) in [5.74, 6) is 0. The maximum Gasteiger partial charge on any atom is 0.0516 e. The van der Waals surface area contributed by atoms with Gasteiger partial charge in [-0.3, -0.25) is 0 Å². The number of hydrogen-bond donors (Lipinski definition) is 1. The molecule has 0 unspecified atom stereocenters. The van der Waals surface area contributed by atoms with Gasteiger partial charge in [-0.05, 0) is 25.5 Å². The zero-order chi connectivity index (χ0) is 8.39. The molecule has 0 saturated carbocycles. The minimum atomic E-state index is 0.566. The molecule has 1 aliphatic rings. The first kappa shape index (κ1) is 8.54. The summed E-state index contributed by atoms with van der Waals surface area (Å²) in [5, 5.41) is 6.38. The summed E-state index contributed by atoms with van der Waals surface area (Å²) in [6.45, 7) is 1.15. The van der Waals surface area contributed by atoms with Gasteiger partial charge in [0.2, 0.25) is 0 Å². The highest BCUT2D eigenvalue weighted by atomic mass is 35.5. The third-order valence-corrected chi connectivity index (χ3v) is 3.64. The highest BCUT2D eigenvalue weighted by Gasteiger charge is 2.15. The first-order valence-corrected chi connectivity index (χ1v) is 5.59. The van der Waals surface area contributed by atoms with Crippen LogP contribution in [-0.4, -0.2) is 6.54 Å². The molecule has 0 bridgehead atoms. The fraction of sp³-hybridized carbons (Fsp3) is 0.556. The second kappa shape index (κ2) is 3.77. The molecule has 3 heteroatoms. The summed E-state index contributed by atoms with van der Waals surface area (Å²) in [5.41, 5.74) is 0. The van der Waals surface area contributed by atoms with E-state index in [1.807, 2.05) is 5.38 Å². The molecule has 0 spiro atoms. The molecule has 1 aromatic heterocycles. The molecule has 0 aliphatic carbocycles. The Labute approximate surface area is 81.7 Å². The second-order valence-corrected chi connectivity index (χ2v) is 4.55. The minimum absolute atomic E-state index is 0.566. The zero-order valence-electron chi connectivity index (χ0n) is 6.85. The summed E-state index contributed by atoms with van der Waals surface area (Å²) in [4.78, 5) is 1.39. The van der Waals surface area contributed by atoms with Crippen molar-refractivity contribution in [1.29, 1.82) is 0 Å². The van der Waals surface area contributed by atoms with Gasteiger partial charge in [0.05, 0.1) is 5.02 Å². The van der Waals surface area contributed by atoms with Gasteiger partial charge in [-0.2, -0.15) is 0 Å². The van der Waals surface area contributed by atoms with Gasteiger partial charge in [-0.15, -0.1) is 11.3 Å². The van der Waals surface area contributed by atoms with Crippen LogP contribution < -0.4 is 5.32 Å². The van der Waals surface area contributed by atoms with Crippen molar-refractivity contribution in [1.82, 2.24) is 5.32 Å². The average molecular weight is 202 g/mol. The molecule has 12 heavy (non-hydrogen) atoms. The van der Waals surface area contributed by atoms with E-state index in [2.05, 4.69) is 11.4 Å². The Morgan fingerprint density at radius 1 is 1.50 bits per heavy atom. The number of halogens is 1. The van der Waals surface area contributed by atoms with Gasteiger partial charge in [0.15, 0.2) is 0 Å². The maximum atomic E-state index is 5.86. The van der Waals surface area contributed by atoms with Crippen molar-refractivity contribution >= 4 is 22.9 Å². The molecule has 66 valence electrons. The van der Waals surface area contributed by atoms with E-state index in [1.165, 1.54) is 24.1 Å². The topological polar surface area (TPSA) is 12.0 Å². The van der Waals surface area contributed by atoms with Crippen molar-refractivity contribution in [3.05, 3.63) is 21.3 Å². The predicted octanol–water partition coefficient (Wildman–Crippen LogP) is 3.22. The van der Waals surface area contributed by atoms with Crippen LogP contribution in [-0.2, 0) is 0 Å². The van der Waals surface area contributed by atoms with Crippen LogP contribution in [0.4, 0.5) is 0 Å². The number of thiophene rings is 1. The Hall–Kier alpha value is -0.0500. The number of hydrogen-bond acceptors (Lipinski definition) is 2. The molecular weight excluding hydrogens is 190 g/mol. The van der Waals surface area contributed by atoms with Crippen LogP contribution >= 0.6 is 22.9 Å². The first-order valence-electron chi connectivity index (χ1n) is 4.33. The third kappa shape index (κ3) is 1.82. The van der Waals surface area contributed by atoms with Gasteiger partial charge in [0.25, 0.3) is 0 Å². The molecule has 1 aromatic rings. The van der Waals surface area contributed by atoms with Crippen LogP contribution in [0.1, 0.15) is 30.2 Å². The van der Waals surface area contributed by atoms with Gasteiger partial charge in [-0.25, -0.2) is 0 Å². The van der Waals surface area contributed by atoms with Crippen LogP contribution in [0.25, 0.3) is 0 Å². The van der Waals surface area contributed by atoms with Crippen LogP contribution in [0, 0.1) is 0 Å². The lowest BCUT2D eigenvalue weighted by Gasteiger charge is -2.21. The molecule has 1 fully saturated rings. The lowest BCUT2D eigenvalue weighted by Crippen LogP contribution is -2.25. The van der Waals surface area contributed by atoms with Crippen molar-refractivity contribution < 1.29 is 0 Å². The summed E-state index contributed by atoms with van der Waals surface area (Å²) in [6.07, 6.45) is 3.92. The molecule has 2 heterocycles. The molecule has 2 rings (SSSR count). The Balaban J connectivity index is 2.08. The third-order valence-electron chi connectivity index (χ3n) is 2.24. The van der Waals surface area contributed by atoms with E-state index in [-0.39, 0.29) is 0 Å². The Morgan fingerprint density at radius 3 is 3.00 bits per heavy atom. The predicted molar refractivity (Wildman–Crippen MR) is 53.9 cm³/mol. The molecule has 1 nitrogen and oxygen atoms in total. The van der Waals surface area contributed by atoms with Crippen molar-refractivity contribution in [3.63, 3.8) is 0 Å². The largest absolute Gasteiger partial charge is 0.309 e. The van der Waals surface area contributed by atoms with E-state index in [9.17, 15) is 0 Å². The van der Waals surface area contributed by atoms with E-state index in [0.717, 1.165) is 11.6 Å². The summed E-state index contributed by atoms with van der Waals surface area (Å²) in [6, 6.07) is 2.64. The van der Waals surface area contributed by atoms with E-state index in [0.29, 0.717) is 6.04 Å². The van der Waals surface area contributed by atoms with Crippen molar-refractivity contribution in [2.75, 3.05) is 6.54 Å². The second-order valence-electron chi connectivity index (χ2n) is 3.17. The van der Waals surface area contributed by atoms with Crippen molar-refractivity contribution in [2.45, 2.75) is 25.3 Å². The Bertz CT molecular complexity index is 253. The molecule has 0 amide bonds. The molecule has 1 N–H and O–H groups in total. The number of rotatable bonds is 1. The van der Waals surface area contributed by atoms with E-state index >= 15 is 0 Å². The fourth-order valence-corrected chi connectivity index (χ4v) is 2.80. The summed E-state index contributed by atoms with van der Waals surface area (Å²) >= 11 is 7.62. The zero-order valence-corrected chi connectivity index (χ0v) is 8.42. The fourth-order valence-electron chi connectivity index (χ4n) is 1.61. The SMILES string of the molecule is Clc1csc([C@H]2CCCCN2)c1. The summed E-state index contributed by atoms with van der Waals surface area (Å²) in [7, 11) is 0.